The molecule has 0 saturated carbocycles. The highest BCUT2D eigenvalue weighted by Crippen LogP contribution is 2.30. The Morgan fingerprint density at radius 1 is 1.03 bits per heavy atom. The van der Waals surface area contributed by atoms with E-state index in [0.717, 1.165) is 37.1 Å². The third-order valence-corrected chi connectivity index (χ3v) is 5.85. The molecule has 2 amide bonds. The van der Waals surface area contributed by atoms with Crippen molar-refractivity contribution in [3.63, 3.8) is 0 Å². The number of piperazine rings is 1. The highest BCUT2D eigenvalue weighted by molar-refractivity contribution is 5.97. The van der Waals surface area contributed by atoms with Crippen LogP contribution in [0.1, 0.15) is 18.9 Å². The van der Waals surface area contributed by atoms with Crippen LogP contribution in [0.25, 0.3) is 11.0 Å². The first-order valence-corrected chi connectivity index (χ1v) is 11.0. The molecule has 1 aromatic heterocycles. The van der Waals surface area contributed by atoms with E-state index in [0.29, 0.717) is 25.2 Å². The Kier molecular flexibility index (Phi) is 6.58. The highest BCUT2D eigenvalue weighted by Gasteiger charge is 2.24. The number of amides is 2. The van der Waals surface area contributed by atoms with Crippen LogP contribution in [0.2, 0.25) is 0 Å². The molecule has 0 bridgehead atoms. The number of imidazole rings is 1. The molecule has 0 spiro atoms. The maximum atomic E-state index is 13.0. The first-order valence-electron chi connectivity index (χ1n) is 11.0. The predicted octanol–water partition coefficient (Wildman–Crippen LogP) is 2.90. The van der Waals surface area contributed by atoms with Gasteiger partial charge in [-0.1, -0.05) is 36.4 Å². The quantitative estimate of drug-likeness (QED) is 0.603. The van der Waals surface area contributed by atoms with Gasteiger partial charge in [0.15, 0.2) is 0 Å². The van der Waals surface area contributed by atoms with Gasteiger partial charge < -0.3 is 19.9 Å². The third-order valence-electron chi connectivity index (χ3n) is 5.85. The Balaban J connectivity index is 1.49. The van der Waals surface area contributed by atoms with Gasteiger partial charge >= 0.3 is 12.0 Å². The number of aryl methyl sites for hydroxylation is 1. The number of methoxy groups -OCH3 is 1. The van der Waals surface area contributed by atoms with Crippen LogP contribution in [0.4, 0.5) is 10.5 Å². The Bertz CT molecular complexity index is 1090. The van der Waals surface area contributed by atoms with Crippen molar-refractivity contribution in [3.8, 4) is 6.01 Å². The van der Waals surface area contributed by atoms with Gasteiger partial charge in [-0.15, -0.1) is 0 Å². The number of nitrogens with one attached hydrogen (secondary N) is 1. The van der Waals surface area contributed by atoms with Gasteiger partial charge in [-0.25, -0.2) is 9.36 Å². The number of ether oxygens (including phenoxy) is 1. The molecule has 0 radical (unpaired) electrons. The molecule has 8 nitrogen and oxygen atoms in total. The molecular formula is C24H29N5O3. The summed E-state index contributed by atoms with van der Waals surface area (Å²) in [6.07, 6.45) is 1.75. The molecular weight excluding hydrogens is 406 g/mol. The fraction of sp³-hybridized carbons (Fsp3) is 0.375. The molecule has 8 heteroatoms. The monoisotopic (exact) mass is 435 g/mol. The summed E-state index contributed by atoms with van der Waals surface area (Å²) in [5, 5.41) is 2.99. The van der Waals surface area contributed by atoms with Crippen molar-refractivity contribution in [2.45, 2.75) is 19.8 Å². The summed E-state index contributed by atoms with van der Waals surface area (Å²) in [5.74, 6) is 0.0951. The van der Waals surface area contributed by atoms with E-state index in [-0.39, 0.29) is 17.9 Å². The summed E-state index contributed by atoms with van der Waals surface area (Å²) in [6.45, 7) is 4.95. The van der Waals surface area contributed by atoms with Crippen LogP contribution >= 0.6 is 0 Å². The van der Waals surface area contributed by atoms with E-state index in [2.05, 4.69) is 27.3 Å². The molecule has 0 atom stereocenters. The zero-order valence-electron chi connectivity index (χ0n) is 18.6. The van der Waals surface area contributed by atoms with Crippen molar-refractivity contribution in [1.29, 1.82) is 0 Å². The second-order valence-corrected chi connectivity index (χ2v) is 7.89. The highest BCUT2D eigenvalue weighted by atomic mass is 16.5. The summed E-state index contributed by atoms with van der Waals surface area (Å²) >= 11 is 0. The van der Waals surface area contributed by atoms with E-state index in [1.807, 2.05) is 41.3 Å². The molecule has 1 saturated heterocycles. The van der Waals surface area contributed by atoms with Crippen LogP contribution in [0.3, 0.4) is 0 Å². The Morgan fingerprint density at radius 2 is 1.78 bits per heavy atom. The summed E-state index contributed by atoms with van der Waals surface area (Å²) in [6, 6.07) is 16.0. The van der Waals surface area contributed by atoms with Gasteiger partial charge in [0.1, 0.15) is 5.52 Å². The minimum Gasteiger partial charge on any atom is -0.468 e. The molecule has 1 N–H and O–H groups in total. The van der Waals surface area contributed by atoms with Gasteiger partial charge in [0.2, 0.25) is 5.91 Å². The molecule has 168 valence electrons. The second kappa shape index (κ2) is 9.72. The standard InChI is InChI=1S/C24H29N5O3/c1-18(30)27-14-16-28(17-15-27)20-11-6-12-21-22(20)26-24(32-2)29(21)23(31)25-13-7-10-19-8-4-3-5-9-19/h3-6,8-9,11-12H,7,10,13-17H2,1-2H3,(H,25,31). The number of carbonyl (C=O) groups is 2. The molecule has 2 heterocycles. The topological polar surface area (TPSA) is 79.7 Å². The van der Waals surface area contributed by atoms with Crippen molar-refractivity contribution < 1.29 is 14.3 Å². The summed E-state index contributed by atoms with van der Waals surface area (Å²) in [7, 11) is 1.52. The Morgan fingerprint density at radius 3 is 2.47 bits per heavy atom. The van der Waals surface area contributed by atoms with E-state index < -0.39 is 0 Å². The maximum absolute atomic E-state index is 13.0. The lowest BCUT2D eigenvalue weighted by atomic mass is 10.1. The number of benzene rings is 2. The van der Waals surface area contributed by atoms with Gasteiger partial charge in [-0.3, -0.25) is 4.79 Å². The van der Waals surface area contributed by atoms with Crippen molar-refractivity contribution in [3.05, 3.63) is 54.1 Å². The number of aromatic nitrogens is 2. The molecule has 4 rings (SSSR count). The zero-order valence-corrected chi connectivity index (χ0v) is 18.6. The molecule has 0 unspecified atom stereocenters. The number of fused-ring (bicyclic) bond motifs is 1. The van der Waals surface area contributed by atoms with Crippen LogP contribution < -0.4 is 15.0 Å². The van der Waals surface area contributed by atoms with Crippen molar-refractivity contribution in [1.82, 2.24) is 19.8 Å². The molecule has 1 aliphatic rings. The van der Waals surface area contributed by atoms with Crippen molar-refractivity contribution in [2.24, 2.45) is 0 Å². The number of rotatable bonds is 6. The van der Waals surface area contributed by atoms with Gasteiger partial charge in [-0.2, -0.15) is 4.98 Å². The number of anilines is 1. The fourth-order valence-electron chi connectivity index (χ4n) is 4.13. The molecule has 32 heavy (non-hydrogen) atoms. The Labute approximate surface area is 187 Å². The molecule has 3 aromatic rings. The number of hydrogen-bond acceptors (Lipinski definition) is 5. The van der Waals surface area contributed by atoms with Crippen LogP contribution in [0, 0.1) is 0 Å². The number of para-hydroxylation sites is 1. The van der Waals surface area contributed by atoms with Crippen LogP contribution in [-0.4, -0.2) is 66.2 Å². The molecule has 1 aliphatic heterocycles. The summed E-state index contributed by atoms with van der Waals surface area (Å²) < 4.78 is 6.93. The smallest absolute Gasteiger partial charge is 0.330 e. The van der Waals surface area contributed by atoms with Gasteiger partial charge in [0.25, 0.3) is 0 Å². The van der Waals surface area contributed by atoms with E-state index in [4.69, 9.17) is 4.74 Å². The lowest BCUT2D eigenvalue weighted by molar-refractivity contribution is -0.129. The van der Waals surface area contributed by atoms with Gasteiger partial charge in [-0.05, 0) is 30.5 Å². The lowest BCUT2D eigenvalue weighted by Gasteiger charge is -2.35. The predicted molar refractivity (Wildman–Crippen MR) is 124 cm³/mol. The second-order valence-electron chi connectivity index (χ2n) is 7.89. The van der Waals surface area contributed by atoms with Crippen molar-refractivity contribution >= 4 is 28.7 Å². The van der Waals surface area contributed by atoms with E-state index in [1.54, 1.807) is 6.92 Å². The average molecular weight is 436 g/mol. The Hall–Kier alpha value is -3.55. The third kappa shape index (κ3) is 4.54. The summed E-state index contributed by atoms with van der Waals surface area (Å²) in [5.41, 5.74) is 3.62. The minimum absolute atomic E-state index is 0.0951. The average Bonchev–Trinajstić information content (AvgIpc) is 3.21. The van der Waals surface area contributed by atoms with Crippen molar-refractivity contribution in [2.75, 3.05) is 44.7 Å². The minimum atomic E-state index is -0.254. The van der Waals surface area contributed by atoms with Crippen LogP contribution in [0.5, 0.6) is 6.01 Å². The van der Waals surface area contributed by atoms with Gasteiger partial charge in [0, 0.05) is 39.6 Å². The first-order chi connectivity index (χ1) is 15.6. The molecule has 2 aromatic carbocycles. The fourth-order valence-corrected chi connectivity index (χ4v) is 4.13. The van der Waals surface area contributed by atoms with Crippen LogP contribution in [0.15, 0.2) is 48.5 Å². The van der Waals surface area contributed by atoms with Gasteiger partial charge in [0.05, 0.1) is 18.3 Å². The van der Waals surface area contributed by atoms with E-state index >= 15 is 0 Å². The van der Waals surface area contributed by atoms with E-state index in [9.17, 15) is 9.59 Å². The molecule has 0 aliphatic carbocycles. The number of hydrogen-bond donors (Lipinski definition) is 1. The van der Waals surface area contributed by atoms with E-state index in [1.165, 1.54) is 17.2 Å². The first kappa shape index (κ1) is 21.7. The largest absolute Gasteiger partial charge is 0.468 e. The zero-order chi connectivity index (χ0) is 22.5. The maximum Gasteiger partial charge on any atom is 0.330 e. The van der Waals surface area contributed by atoms with Crippen LogP contribution in [-0.2, 0) is 11.2 Å². The normalized spacial score (nSPS) is 13.9. The number of nitrogens with zero attached hydrogens (tertiary/aromatic N) is 4. The lowest BCUT2D eigenvalue weighted by Crippen LogP contribution is -2.48. The molecule has 1 fully saturated rings. The SMILES string of the molecule is COc1nc2c(N3CCN(C(C)=O)CC3)cccc2n1C(=O)NCCCc1ccccc1. The number of carbonyl (C=O) groups excluding carboxylic acids is 2. The summed E-state index contributed by atoms with van der Waals surface area (Å²) in [4.78, 5) is 33.3.